The number of aliphatic carboxylic acids is 1. The summed E-state index contributed by atoms with van der Waals surface area (Å²) >= 11 is 0. The van der Waals surface area contributed by atoms with Gasteiger partial charge in [0.2, 0.25) is 0 Å². The third kappa shape index (κ3) is 50.7. The summed E-state index contributed by atoms with van der Waals surface area (Å²) in [5.41, 5.74) is 10.8. The number of hydrogen-bond donors (Lipinski definition) is 3. The van der Waals surface area contributed by atoms with Crippen molar-refractivity contribution < 1.29 is 9.90 Å². The molecule has 0 bridgehead atoms. The van der Waals surface area contributed by atoms with Gasteiger partial charge in [-0.2, -0.15) is 0 Å². The van der Waals surface area contributed by atoms with Gasteiger partial charge in [0.15, 0.2) is 0 Å². The predicted octanol–water partition coefficient (Wildman–Crippen LogP) is 7.82. The normalized spacial score (nSPS) is 10.0. The topological polar surface area (TPSA) is 89.3 Å². The van der Waals surface area contributed by atoms with E-state index in [2.05, 4.69) is 13.8 Å². The Bertz CT molecular complexity index is 240. The lowest BCUT2D eigenvalue weighted by molar-refractivity contribution is -0.134. The monoisotopic (exact) mass is 430 g/mol. The molecule has 30 heavy (non-hydrogen) atoms. The molecule has 0 aliphatic heterocycles. The van der Waals surface area contributed by atoms with Crippen molar-refractivity contribution in [2.75, 3.05) is 13.1 Å². The van der Waals surface area contributed by atoms with Gasteiger partial charge in [-0.05, 0) is 25.9 Å². The lowest BCUT2D eigenvalue weighted by atomic mass is 10.1. The number of rotatable bonds is 20. The van der Waals surface area contributed by atoms with Crippen molar-refractivity contribution in [3.63, 3.8) is 0 Å². The Hall–Kier alpha value is -0.610. The van der Waals surface area contributed by atoms with Gasteiger partial charge in [0.25, 0.3) is 5.97 Å². The Kier molecular flexibility index (Phi) is 40.6. The fourth-order valence-electron chi connectivity index (χ4n) is 3.26. The molecule has 0 aromatic rings. The highest BCUT2D eigenvalue weighted by atomic mass is 16.4. The number of carboxylic acid groups (broad SMARTS) is 1. The Morgan fingerprint density at radius 2 is 0.667 bits per heavy atom. The number of hydrogen-bond acceptors (Lipinski definition) is 3. The van der Waals surface area contributed by atoms with Crippen LogP contribution in [0.1, 0.15) is 149 Å². The molecular formula is C26H58N2O2. The van der Waals surface area contributed by atoms with Crippen LogP contribution in [0.5, 0.6) is 0 Å². The quantitative estimate of drug-likeness (QED) is 0.172. The van der Waals surface area contributed by atoms with Gasteiger partial charge >= 0.3 is 0 Å². The fourth-order valence-corrected chi connectivity index (χ4v) is 3.26. The van der Waals surface area contributed by atoms with Crippen molar-refractivity contribution >= 4 is 5.97 Å². The molecule has 0 amide bonds. The lowest BCUT2D eigenvalue weighted by Gasteiger charge is -2.00. The Morgan fingerprint density at radius 1 is 0.500 bits per heavy atom. The second-order valence-corrected chi connectivity index (χ2v) is 8.46. The van der Waals surface area contributed by atoms with Crippen LogP contribution in [0.25, 0.3) is 0 Å². The van der Waals surface area contributed by atoms with E-state index in [-0.39, 0.29) is 0 Å². The molecule has 0 rings (SSSR count). The van der Waals surface area contributed by atoms with Gasteiger partial charge < -0.3 is 16.6 Å². The molecule has 5 N–H and O–H groups in total. The molecule has 184 valence electrons. The van der Waals surface area contributed by atoms with E-state index < -0.39 is 5.97 Å². The van der Waals surface area contributed by atoms with Gasteiger partial charge in [-0.25, -0.2) is 0 Å². The first kappa shape index (κ1) is 34.0. The van der Waals surface area contributed by atoms with E-state index in [0.717, 1.165) is 20.0 Å². The standard InChI is InChI=1S/2C12H27N.C2H4O2/c2*1-2-3-4-5-6-7-8-9-10-11-12-13;1-2(3)4/h2*2-13H2,1H3;1H3,(H,3,4). The molecule has 0 aliphatic carbocycles. The van der Waals surface area contributed by atoms with Crippen LogP contribution in [0, 0.1) is 0 Å². The maximum Gasteiger partial charge on any atom is 0.300 e. The molecule has 0 fully saturated rings. The summed E-state index contributed by atoms with van der Waals surface area (Å²) in [4.78, 5) is 9.00. The van der Waals surface area contributed by atoms with Crippen molar-refractivity contribution in [2.24, 2.45) is 11.5 Å². The van der Waals surface area contributed by atoms with E-state index in [9.17, 15) is 0 Å². The average molecular weight is 431 g/mol. The highest BCUT2D eigenvalue weighted by molar-refractivity contribution is 5.62. The number of nitrogens with two attached hydrogens (primary N) is 2. The molecule has 0 aromatic carbocycles. The molecular weight excluding hydrogens is 372 g/mol. The minimum Gasteiger partial charge on any atom is -0.481 e. The van der Waals surface area contributed by atoms with Gasteiger partial charge in [-0.1, -0.05) is 129 Å². The van der Waals surface area contributed by atoms with Crippen LogP contribution in [0.4, 0.5) is 0 Å². The van der Waals surface area contributed by atoms with Crippen LogP contribution in [0.2, 0.25) is 0 Å². The van der Waals surface area contributed by atoms with Crippen LogP contribution in [0.15, 0.2) is 0 Å². The van der Waals surface area contributed by atoms with Gasteiger partial charge in [0.1, 0.15) is 0 Å². The van der Waals surface area contributed by atoms with E-state index in [4.69, 9.17) is 21.4 Å². The zero-order chi connectivity index (χ0) is 23.1. The summed E-state index contributed by atoms with van der Waals surface area (Å²) in [7, 11) is 0. The van der Waals surface area contributed by atoms with E-state index in [1.54, 1.807) is 0 Å². The van der Waals surface area contributed by atoms with Crippen molar-refractivity contribution in [1.29, 1.82) is 0 Å². The van der Waals surface area contributed by atoms with Crippen LogP contribution in [-0.4, -0.2) is 24.2 Å². The molecule has 4 heteroatoms. The molecule has 0 spiro atoms. The van der Waals surface area contributed by atoms with Gasteiger partial charge in [-0.15, -0.1) is 0 Å². The van der Waals surface area contributed by atoms with E-state index in [0.29, 0.717) is 0 Å². The maximum absolute atomic E-state index is 9.00. The van der Waals surface area contributed by atoms with Gasteiger partial charge in [-0.3, -0.25) is 4.79 Å². The second kappa shape index (κ2) is 35.8. The van der Waals surface area contributed by atoms with Crippen LogP contribution < -0.4 is 11.5 Å². The van der Waals surface area contributed by atoms with E-state index in [1.165, 1.54) is 128 Å². The van der Waals surface area contributed by atoms with Gasteiger partial charge in [0.05, 0.1) is 0 Å². The zero-order valence-electron chi connectivity index (χ0n) is 21.1. The summed E-state index contributed by atoms with van der Waals surface area (Å²) in [6.07, 6.45) is 27.9. The first-order valence-corrected chi connectivity index (χ1v) is 13.2. The summed E-state index contributed by atoms with van der Waals surface area (Å²) in [5, 5.41) is 7.42. The molecule has 0 unspecified atom stereocenters. The van der Waals surface area contributed by atoms with Crippen molar-refractivity contribution in [2.45, 2.75) is 149 Å². The van der Waals surface area contributed by atoms with Crippen molar-refractivity contribution in [1.82, 2.24) is 0 Å². The average Bonchev–Trinajstić information content (AvgIpc) is 2.71. The minimum absolute atomic E-state index is 0.833. The highest BCUT2D eigenvalue weighted by Gasteiger charge is 1.92. The maximum atomic E-state index is 9.00. The molecule has 0 aromatic heterocycles. The molecule has 0 atom stereocenters. The van der Waals surface area contributed by atoms with E-state index >= 15 is 0 Å². The first-order chi connectivity index (χ1) is 14.6. The summed E-state index contributed by atoms with van der Waals surface area (Å²) in [5.74, 6) is -0.833. The molecule has 0 radical (unpaired) electrons. The summed E-state index contributed by atoms with van der Waals surface area (Å²) in [6, 6.07) is 0. The number of carbonyl (C=O) groups is 1. The van der Waals surface area contributed by atoms with Crippen LogP contribution in [0.3, 0.4) is 0 Å². The van der Waals surface area contributed by atoms with Crippen LogP contribution in [-0.2, 0) is 4.79 Å². The van der Waals surface area contributed by atoms with Crippen molar-refractivity contribution in [3.05, 3.63) is 0 Å². The van der Waals surface area contributed by atoms with Crippen molar-refractivity contribution in [3.8, 4) is 0 Å². The third-order valence-electron chi connectivity index (χ3n) is 5.12. The molecule has 4 nitrogen and oxygen atoms in total. The summed E-state index contributed by atoms with van der Waals surface area (Å²) < 4.78 is 0. The molecule has 0 saturated carbocycles. The lowest BCUT2D eigenvalue weighted by Crippen LogP contribution is -1.97. The SMILES string of the molecule is CC(=O)O.CCCCCCCCCCCCN.CCCCCCCCCCCCN. The third-order valence-corrected chi connectivity index (χ3v) is 5.12. The first-order valence-electron chi connectivity index (χ1n) is 13.2. The number of unbranched alkanes of at least 4 members (excludes halogenated alkanes) is 18. The Balaban J connectivity index is -0.000000412. The van der Waals surface area contributed by atoms with E-state index in [1.807, 2.05) is 0 Å². The fraction of sp³-hybridized carbons (Fsp3) is 0.962. The Labute approximate surface area is 190 Å². The highest BCUT2D eigenvalue weighted by Crippen LogP contribution is 2.10. The molecule has 0 saturated heterocycles. The minimum atomic E-state index is -0.833. The second-order valence-electron chi connectivity index (χ2n) is 8.46. The number of carboxylic acids is 1. The zero-order valence-corrected chi connectivity index (χ0v) is 21.1. The smallest absolute Gasteiger partial charge is 0.300 e. The largest absolute Gasteiger partial charge is 0.481 e. The molecule has 0 aliphatic rings. The Morgan fingerprint density at radius 3 is 0.833 bits per heavy atom. The summed E-state index contributed by atoms with van der Waals surface area (Å²) in [6.45, 7) is 7.37. The predicted molar refractivity (Wildman–Crippen MR) is 135 cm³/mol. The van der Waals surface area contributed by atoms with Crippen LogP contribution >= 0.6 is 0 Å². The molecule has 0 heterocycles. The van der Waals surface area contributed by atoms with Gasteiger partial charge in [0, 0.05) is 6.92 Å².